The van der Waals surface area contributed by atoms with E-state index in [2.05, 4.69) is 10.6 Å². The van der Waals surface area contributed by atoms with E-state index in [1.54, 1.807) is 51.1 Å². The average Bonchev–Trinajstić information content (AvgIpc) is 3.76. The van der Waals surface area contributed by atoms with Gasteiger partial charge >= 0.3 is 11.9 Å². The largest absolute Gasteiger partial charge is 0.499 e. The predicted octanol–water partition coefficient (Wildman–Crippen LogP) is 1.74. The van der Waals surface area contributed by atoms with Gasteiger partial charge in [0.15, 0.2) is 6.04 Å². The van der Waals surface area contributed by atoms with Crippen molar-refractivity contribution in [2.75, 3.05) is 26.6 Å². The molecule has 0 radical (unpaired) electrons. The van der Waals surface area contributed by atoms with Gasteiger partial charge < -0.3 is 44.5 Å². The summed E-state index contributed by atoms with van der Waals surface area (Å²) < 4.78 is 28.3. The lowest BCUT2D eigenvalue weighted by molar-refractivity contribution is -0.201. The molecule has 2 aromatic carbocycles. The molecule has 15 nitrogen and oxygen atoms in total. The lowest BCUT2D eigenvalue weighted by atomic mass is 9.62. The van der Waals surface area contributed by atoms with Crippen molar-refractivity contribution in [2.24, 2.45) is 5.41 Å². The number of aliphatic hydroxyl groups excluding tert-OH is 2. The lowest BCUT2D eigenvalue weighted by Crippen LogP contribution is -2.69. The monoisotopic (exact) mass is 737 g/mol. The van der Waals surface area contributed by atoms with Crippen LogP contribution >= 0.6 is 0 Å². The van der Waals surface area contributed by atoms with Crippen molar-refractivity contribution in [3.63, 3.8) is 0 Å². The predicted molar refractivity (Wildman–Crippen MR) is 186 cm³/mol. The van der Waals surface area contributed by atoms with Crippen LogP contribution < -0.4 is 10.6 Å². The van der Waals surface area contributed by atoms with E-state index in [1.807, 2.05) is 24.3 Å². The Morgan fingerprint density at radius 1 is 1.09 bits per heavy atom. The molecular formula is C38H47N3O12. The second kappa shape index (κ2) is 16.3. The van der Waals surface area contributed by atoms with Gasteiger partial charge in [0.05, 0.1) is 32.1 Å². The second-order valence-electron chi connectivity index (χ2n) is 14.6. The van der Waals surface area contributed by atoms with Gasteiger partial charge in [-0.3, -0.25) is 24.0 Å². The Kier molecular flexibility index (Phi) is 11.8. The van der Waals surface area contributed by atoms with E-state index in [0.717, 1.165) is 11.1 Å². The van der Waals surface area contributed by atoms with E-state index in [0.29, 0.717) is 11.1 Å². The van der Waals surface area contributed by atoms with E-state index in [1.165, 1.54) is 11.3 Å². The molecule has 286 valence electrons. The summed E-state index contributed by atoms with van der Waals surface area (Å²) in [5.74, 6) is -1.90. The molecule has 0 aromatic heterocycles. The summed E-state index contributed by atoms with van der Waals surface area (Å²) in [6.07, 6.45) is 0.790. The molecular weight excluding hydrogens is 690 g/mol. The van der Waals surface area contributed by atoms with E-state index in [9.17, 15) is 24.3 Å². The fraction of sp³-hybridized carbons (Fsp3) is 0.526. The van der Waals surface area contributed by atoms with Gasteiger partial charge in [-0.2, -0.15) is 5.06 Å². The van der Waals surface area contributed by atoms with Crippen LogP contribution in [0.5, 0.6) is 0 Å². The number of aliphatic hydroxyl groups is 2. The molecule has 3 aliphatic heterocycles. The fourth-order valence-corrected chi connectivity index (χ4v) is 7.42. The Balaban J connectivity index is 1.17. The maximum atomic E-state index is 14.5. The van der Waals surface area contributed by atoms with Crippen LogP contribution in [0, 0.1) is 5.41 Å². The number of fused-ring (bicyclic) bond motifs is 4. The van der Waals surface area contributed by atoms with Crippen molar-refractivity contribution in [3.05, 3.63) is 77.0 Å². The maximum Gasteiger partial charge on any atom is 0.327 e. The van der Waals surface area contributed by atoms with Gasteiger partial charge in [0.25, 0.3) is 5.91 Å². The van der Waals surface area contributed by atoms with Gasteiger partial charge in [0, 0.05) is 24.9 Å². The zero-order chi connectivity index (χ0) is 37.8. The van der Waals surface area contributed by atoms with Crippen LogP contribution in [0.15, 0.2) is 54.8 Å². The zero-order valence-corrected chi connectivity index (χ0v) is 30.0. The molecule has 3 heterocycles. The number of hydrogen-bond donors (Lipinski definition) is 4. The Morgan fingerprint density at radius 2 is 1.89 bits per heavy atom. The van der Waals surface area contributed by atoms with Crippen molar-refractivity contribution in [1.29, 1.82) is 0 Å². The summed E-state index contributed by atoms with van der Waals surface area (Å²) in [5.41, 5.74) is 0.492. The highest BCUT2D eigenvalue weighted by molar-refractivity contribution is 5.95. The number of nitrogens with one attached hydrogen (secondary N) is 2. The van der Waals surface area contributed by atoms with Crippen LogP contribution in [0.25, 0.3) is 6.08 Å². The number of ether oxygens (including phenoxy) is 5. The Morgan fingerprint density at radius 3 is 2.66 bits per heavy atom. The lowest BCUT2D eigenvalue weighted by Gasteiger charge is -2.48. The first-order valence-electron chi connectivity index (χ1n) is 17.8. The minimum absolute atomic E-state index is 0.0246. The Hall–Kier alpha value is -4.38. The van der Waals surface area contributed by atoms with Crippen LogP contribution in [0.1, 0.15) is 67.1 Å². The summed E-state index contributed by atoms with van der Waals surface area (Å²) >= 11 is 0. The molecule has 2 aromatic rings. The highest BCUT2D eigenvalue weighted by Crippen LogP contribution is 2.55. The number of carbonyl (C=O) groups excluding carboxylic acids is 4. The van der Waals surface area contributed by atoms with Crippen molar-refractivity contribution in [2.45, 2.75) is 95.2 Å². The van der Waals surface area contributed by atoms with E-state index >= 15 is 0 Å². The average molecular weight is 738 g/mol. The van der Waals surface area contributed by atoms with Gasteiger partial charge in [-0.1, -0.05) is 36.4 Å². The quantitative estimate of drug-likeness (QED) is 0.118. The summed E-state index contributed by atoms with van der Waals surface area (Å²) in [6, 6.07) is 12.4. The van der Waals surface area contributed by atoms with Gasteiger partial charge in [0.1, 0.15) is 48.8 Å². The highest BCUT2D eigenvalue weighted by Gasteiger charge is 2.74. The smallest absolute Gasteiger partial charge is 0.327 e. The van der Waals surface area contributed by atoms with Crippen molar-refractivity contribution < 1.29 is 57.9 Å². The second-order valence-corrected chi connectivity index (χ2v) is 14.6. The van der Waals surface area contributed by atoms with Crippen LogP contribution in [-0.2, 0) is 56.0 Å². The number of rotatable bonds is 15. The minimum Gasteiger partial charge on any atom is -0.499 e. The highest BCUT2D eigenvalue weighted by atomic mass is 16.8. The number of carbonyl (C=O) groups is 4. The Bertz CT molecular complexity index is 1690. The van der Waals surface area contributed by atoms with Crippen molar-refractivity contribution in [1.82, 2.24) is 15.7 Å². The first-order chi connectivity index (χ1) is 25.4. The number of benzene rings is 2. The molecule has 3 saturated heterocycles. The first-order valence-corrected chi connectivity index (χ1v) is 17.8. The normalized spacial score (nSPS) is 26.8. The molecule has 1 saturated carbocycles. The van der Waals surface area contributed by atoms with Gasteiger partial charge in [0.2, 0.25) is 5.91 Å². The summed E-state index contributed by atoms with van der Waals surface area (Å²) in [4.78, 5) is 60.0. The molecule has 4 fully saturated rings. The standard InChI is InChI=1S/C38H47N3O12/c1-37(2,3)52-29(44)12-11-27(21-43)40-34(45)25-10-6-7-23(17-25)19-39-36(47)38-18-28-30-31(50-22-49-30)33(38)53-41(32(38)35(46)51-28)20-26-9-5-4-8-24(26)13-15-48-16-14-42/h4-10,13,15,17,27-28,30-33,42-43H,11-12,14,16,18-22H2,1-3H3,(H,39,47)(H,40,45). The maximum absolute atomic E-state index is 14.5. The number of nitrogens with zero attached hydrogens (tertiary/aromatic N) is 1. The minimum atomic E-state index is -1.37. The van der Waals surface area contributed by atoms with Crippen molar-refractivity contribution in [3.8, 4) is 0 Å². The number of amides is 2. The molecule has 4 aliphatic rings. The molecule has 53 heavy (non-hydrogen) atoms. The zero-order valence-electron chi connectivity index (χ0n) is 30.0. The van der Waals surface area contributed by atoms with Gasteiger partial charge in [-0.15, -0.1) is 0 Å². The molecule has 15 heteroatoms. The van der Waals surface area contributed by atoms with E-state index in [-0.39, 0.29) is 59.0 Å². The summed E-state index contributed by atoms with van der Waals surface area (Å²) in [6.45, 7) is 5.10. The van der Waals surface area contributed by atoms with Crippen LogP contribution in [0.2, 0.25) is 0 Å². The van der Waals surface area contributed by atoms with E-state index < -0.39 is 71.3 Å². The SMILES string of the molecule is CC(C)(C)OC(=O)CCC(CO)NC(=O)c1cccc(CNC(=O)C23CC4OC(=O)C2N(Cc2ccccc2C=COCCO)OC3C2OCOC42)c1. The summed E-state index contributed by atoms with van der Waals surface area (Å²) in [5, 5.41) is 26.2. The van der Waals surface area contributed by atoms with Crippen LogP contribution in [-0.4, -0.2) is 108 Å². The van der Waals surface area contributed by atoms with Gasteiger partial charge in [-0.25, -0.2) is 0 Å². The third-order valence-corrected chi connectivity index (χ3v) is 9.74. The molecule has 7 atom stereocenters. The van der Waals surface area contributed by atoms with Gasteiger partial charge in [-0.05, 0) is 62.1 Å². The van der Waals surface area contributed by atoms with E-state index in [4.69, 9.17) is 33.6 Å². The fourth-order valence-electron chi connectivity index (χ4n) is 7.42. The Labute approximate surface area is 307 Å². The third-order valence-electron chi connectivity index (χ3n) is 9.74. The topological polar surface area (TPSA) is 191 Å². The molecule has 7 unspecified atom stereocenters. The number of hydroxylamine groups is 2. The number of hydrogen-bond acceptors (Lipinski definition) is 13. The molecule has 2 amide bonds. The van der Waals surface area contributed by atoms with Crippen LogP contribution in [0.3, 0.4) is 0 Å². The molecule has 2 bridgehead atoms. The van der Waals surface area contributed by atoms with Crippen LogP contribution in [0.4, 0.5) is 0 Å². The molecule has 0 spiro atoms. The molecule has 6 rings (SSSR count). The number of esters is 2. The van der Waals surface area contributed by atoms with Crippen molar-refractivity contribution >= 4 is 29.8 Å². The first kappa shape index (κ1) is 38.3. The third kappa shape index (κ3) is 8.40. The molecule has 4 N–H and O–H groups in total. The molecule has 1 aliphatic carbocycles. The summed E-state index contributed by atoms with van der Waals surface area (Å²) in [7, 11) is 0.